The van der Waals surface area contributed by atoms with E-state index >= 15 is 0 Å². The third-order valence-electron chi connectivity index (χ3n) is 2.20. The van der Waals surface area contributed by atoms with Crippen molar-refractivity contribution in [2.45, 2.75) is 26.6 Å². The number of hydrogen-bond donors (Lipinski definition) is 2. The van der Waals surface area contributed by atoms with Crippen molar-refractivity contribution >= 4 is 21.8 Å². The predicted octanol–water partition coefficient (Wildman–Crippen LogP) is 1.84. The van der Waals surface area contributed by atoms with Crippen LogP contribution in [-0.4, -0.2) is 23.7 Å². The molecule has 0 bridgehead atoms. The lowest BCUT2D eigenvalue weighted by atomic mass is 10.2. The highest BCUT2D eigenvalue weighted by atomic mass is 79.9. The van der Waals surface area contributed by atoms with Gasteiger partial charge in [-0.3, -0.25) is 4.79 Å². The highest BCUT2D eigenvalue weighted by Gasteiger charge is 2.14. The van der Waals surface area contributed by atoms with Gasteiger partial charge in [-0.15, -0.1) is 0 Å². The fourth-order valence-corrected chi connectivity index (χ4v) is 1.82. The Bertz CT molecular complexity index is 395. The number of carbonyl (C=O) groups is 1. The normalized spacial score (nSPS) is 12.0. The third kappa shape index (κ3) is 4.02. The van der Waals surface area contributed by atoms with E-state index in [-0.39, 0.29) is 12.5 Å². The Morgan fingerprint density at radius 2 is 2.29 bits per heavy atom. The van der Waals surface area contributed by atoms with E-state index in [1.807, 2.05) is 6.92 Å². The van der Waals surface area contributed by atoms with E-state index in [4.69, 9.17) is 9.84 Å². The molecule has 94 valence electrons. The summed E-state index contributed by atoms with van der Waals surface area (Å²) >= 11 is 3.34. The fourth-order valence-electron chi connectivity index (χ4n) is 1.30. The highest BCUT2D eigenvalue weighted by Crippen LogP contribution is 2.26. The first-order valence-electron chi connectivity index (χ1n) is 5.42. The summed E-state index contributed by atoms with van der Waals surface area (Å²) in [5, 5.41) is 11.7. The molecule has 1 unspecified atom stereocenters. The zero-order valence-electron chi connectivity index (χ0n) is 9.87. The molecule has 2 N–H and O–H groups in total. The molecule has 1 amide bonds. The van der Waals surface area contributed by atoms with Crippen LogP contribution in [0.3, 0.4) is 0 Å². The van der Waals surface area contributed by atoms with Crippen LogP contribution >= 0.6 is 15.9 Å². The number of amides is 1. The molecule has 1 aromatic rings. The molecule has 1 atom stereocenters. The van der Waals surface area contributed by atoms with Gasteiger partial charge in [0.25, 0.3) is 5.91 Å². The smallest absolute Gasteiger partial charge is 0.260 e. The van der Waals surface area contributed by atoms with E-state index in [2.05, 4.69) is 21.2 Å². The molecule has 0 aliphatic carbocycles. The molecule has 0 saturated carbocycles. The van der Waals surface area contributed by atoms with Gasteiger partial charge in [0.05, 0.1) is 11.1 Å². The van der Waals surface area contributed by atoms with Crippen molar-refractivity contribution in [1.29, 1.82) is 0 Å². The van der Waals surface area contributed by atoms with Gasteiger partial charge in [-0.1, -0.05) is 6.07 Å². The number of benzene rings is 1. The Morgan fingerprint density at radius 3 is 2.82 bits per heavy atom. The summed E-state index contributed by atoms with van der Waals surface area (Å²) < 4.78 is 6.24. The molecule has 0 radical (unpaired) electrons. The zero-order valence-corrected chi connectivity index (χ0v) is 11.5. The minimum Gasteiger partial charge on any atom is -0.480 e. The summed E-state index contributed by atoms with van der Waals surface area (Å²) in [5.41, 5.74) is 0.787. The standard InChI is InChI=1S/C12H16BrNO3/c1-3-14-12(16)8(2)17-11-5-4-9(7-15)6-10(11)13/h4-6,8,15H,3,7H2,1-2H3,(H,14,16). The molecule has 0 fully saturated rings. The third-order valence-corrected chi connectivity index (χ3v) is 2.82. The number of aliphatic hydroxyl groups is 1. The average Bonchev–Trinajstić information content (AvgIpc) is 2.31. The Balaban J connectivity index is 2.71. The van der Waals surface area contributed by atoms with E-state index < -0.39 is 6.10 Å². The van der Waals surface area contributed by atoms with Gasteiger partial charge in [0.2, 0.25) is 0 Å². The molecule has 0 heterocycles. The molecule has 5 heteroatoms. The molecule has 0 aliphatic heterocycles. The number of carbonyl (C=O) groups excluding carboxylic acids is 1. The Kier molecular flexibility index (Phi) is 5.44. The lowest BCUT2D eigenvalue weighted by Gasteiger charge is -2.15. The molecule has 4 nitrogen and oxygen atoms in total. The second kappa shape index (κ2) is 6.61. The number of nitrogens with one attached hydrogen (secondary N) is 1. The van der Waals surface area contributed by atoms with Gasteiger partial charge < -0.3 is 15.2 Å². The van der Waals surface area contributed by atoms with Crippen molar-refractivity contribution in [1.82, 2.24) is 5.32 Å². The molecule has 1 aromatic carbocycles. The highest BCUT2D eigenvalue weighted by molar-refractivity contribution is 9.10. The number of ether oxygens (including phenoxy) is 1. The first-order valence-corrected chi connectivity index (χ1v) is 6.21. The van der Waals surface area contributed by atoms with Gasteiger partial charge in [0, 0.05) is 6.54 Å². The van der Waals surface area contributed by atoms with Gasteiger partial charge in [-0.25, -0.2) is 0 Å². The SMILES string of the molecule is CCNC(=O)C(C)Oc1ccc(CO)cc1Br. The van der Waals surface area contributed by atoms with Gasteiger partial charge in [0.15, 0.2) is 6.10 Å². The molecular formula is C12H16BrNO3. The van der Waals surface area contributed by atoms with Crippen LogP contribution < -0.4 is 10.1 Å². The number of hydrogen-bond acceptors (Lipinski definition) is 3. The van der Waals surface area contributed by atoms with Crippen LogP contribution in [0.1, 0.15) is 19.4 Å². The van der Waals surface area contributed by atoms with Gasteiger partial charge in [-0.05, 0) is 47.5 Å². The van der Waals surface area contributed by atoms with Crippen LogP contribution in [0.4, 0.5) is 0 Å². The molecule has 17 heavy (non-hydrogen) atoms. The second-order valence-corrected chi connectivity index (χ2v) is 4.43. The minimum absolute atomic E-state index is 0.0231. The maximum absolute atomic E-state index is 11.5. The Labute approximate surface area is 109 Å². The number of likely N-dealkylation sites (N-methyl/N-ethyl adjacent to an activating group) is 1. The summed E-state index contributed by atoms with van der Waals surface area (Å²) in [6.07, 6.45) is -0.550. The lowest BCUT2D eigenvalue weighted by Crippen LogP contribution is -2.36. The number of rotatable bonds is 5. The Hall–Kier alpha value is -1.07. The molecule has 0 spiro atoms. The van der Waals surface area contributed by atoms with Crippen LogP contribution in [0.25, 0.3) is 0 Å². The number of aliphatic hydroxyl groups excluding tert-OH is 1. The molecule has 0 saturated heterocycles. The van der Waals surface area contributed by atoms with E-state index in [9.17, 15) is 4.79 Å². The van der Waals surface area contributed by atoms with Crippen molar-refractivity contribution in [2.24, 2.45) is 0 Å². The summed E-state index contributed by atoms with van der Waals surface area (Å²) in [7, 11) is 0. The second-order valence-electron chi connectivity index (χ2n) is 3.58. The van der Waals surface area contributed by atoms with Gasteiger partial charge >= 0.3 is 0 Å². The first-order chi connectivity index (χ1) is 8.08. The summed E-state index contributed by atoms with van der Waals surface area (Å²) in [5.74, 6) is 0.437. The van der Waals surface area contributed by atoms with Crippen molar-refractivity contribution < 1.29 is 14.6 Å². The van der Waals surface area contributed by atoms with E-state index in [1.165, 1.54) is 0 Å². The Morgan fingerprint density at radius 1 is 1.59 bits per heavy atom. The van der Waals surface area contributed by atoms with Crippen LogP contribution in [0.2, 0.25) is 0 Å². The quantitative estimate of drug-likeness (QED) is 0.872. The summed E-state index contributed by atoms with van der Waals surface area (Å²) in [6, 6.07) is 5.25. The van der Waals surface area contributed by atoms with Crippen molar-refractivity contribution in [3.8, 4) is 5.75 Å². The zero-order chi connectivity index (χ0) is 12.8. The van der Waals surface area contributed by atoms with Crippen molar-refractivity contribution in [3.05, 3.63) is 28.2 Å². The number of halogens is 1. The van der Waals surface area contributed by atoms with E-state index in [0.29, 0.717) is 12.3 Å². The predicted molar refractivity (Wildman–Crippen MR) is 68.8 cm³/mol. The minimum atomic E-state index is -0.550. The largest absolute Gasteiger partial charge is 0.480 e. The maximum Gasteiger partial charge on any atom is 0.260 e. The topological polar surface area (TPSA) is 58.6 Å². The molecule has 0 aromatic heterocycles. The van der Waals surface area contributed by atoms with Crippen LogP contribution in [0.15, 0.2) is 22.7 Å². The van der Waals surface area contributed by atoms with Gasteiger partial charge in [-0.2, -0.15) is 0 Å². The van der Waals surface area contributed by atoms with Crippen LogP contribution in [-0.2, 0) is 11.4 Å². The van der Waals surface area contributed by atoms with Crippen molar-refractivity contribution in [3.63, 3.8) is 0 Å². The van der Waals surface area contributed by atoms with E-state index in [1.54, 1.807) is 25.1 Å². The molecule has 0 aliphatic rings. The maximum atomic E-state index is 11.5. The van der Waals surface area contributed by atoms with Crippen LogP contribution in [0, 0.1) is 0 Å². The molecular weight excluding hydrogens is 286 g/mol. The lowest BCUT2D eigenvalue weighted by molar-refractivity contribution is -0.127. The monoisotopic (exact) mass is 301 g/mol. The fraction of sp³-hybridized carbons (Fsp3) is 0.417. The molecule has 1 rings (SSSR count). The van der Waals surface area contributed by atoms with Crippen molar-refractivity contribution in [2.75, 3.05) is 6.54 Å². The van der Waals surface area contributed by atoms with Crippen LogP contribution in [0.5, 0.6) is 5.75 Å². The summed E-state index contributed by atoms with van der Waals surface area (Å²) in [6.45, 7) is 4.11. The van der Waals surface area contributed by atoms with Gasteiger partial charge in [0.1, 0.15) is 5.75 Å². The summed E-state index contributed by atoms with van der Waals surface area (Å²) in [4.78, 5) is 11.5. The first kappa shape index (κ1) is 14.0. The van der Waals surface area contributed by atoms with E-state index in [0.717, 1.165) is 10.0 Å². The average molecular weight is 302 g/mol.